The minimum atomic E-state index is -3.18. The van der Waals surface area contributed by atoms with E-state index in [1.165, 1.54) is 31.2 Å². The van der Waals surface area contributed by atoms with Crippen LogP contribution in [0.4, 0.5) is 9.18 Å². The molecule has 0 saturated carbocycles. The van der Waals surface area contributed by atoms with E-state index in [0.29, 0.717) is 5.56 Å². The van der Waals surface area contributed by atoms with Gasteiger partial charge in [-0.1, -0.05) is 6.07 Å². The molecule has 8 heteroatoms. The first-order chi connectivity index (χ1) is 10.5. The zero-order valence-corrected chi connectivity index (χ0v) is 14.8. The maximum absolute atomic E-state index is 13.7. The van der Waals surface area contributed by atoms with Crippen LogP contribution >= 0.6 is 0 Å². The topological polar surface area (TPSA) is 75.7 Å². The third-order valence-corrected chi connectivity index (χ3v) is 4.63. The van der Waals surface area contributed by atoms with Crippen molar-refractivity contribution in [2.24, 2.45) is 0 Å². The van der Waals surface area contributed by atoms with E-state index in [-0.39, 0.29) is 11.5 Å². The van der Waals surface area contributed by atoms with Gasteiger partial charge < -0.3 is 15.0 Å². The van der Waals surface area contributed by atoms with Crippen LogP contribution in [0.2, 0.25) is 0 Å². The first kappa shape index (κ1) is 19.2. The number of nitrogens with one attached hydrogen (secondary N) is 1. The fourth-order valence-corrected chi connectivity index (χ4v) is 3.17. The van der Waals surface area contributed by atoms with Gasteiger partial charge in [-0.05, 0) is 31.5 Å². The average molecular weight is 346 g/mol. The van der Waals surface area contributed by atoms with E-state index < -0.39 is 33.8 Å². The normalized spacial score (nSPS) is 14.0. The molecule has 1 rings (SSSR count). The van der Waals surface area contributed by atoms with Gasteiger partial charge in [0.15, 0.2) is 11.6 Å². The molecule has 0 aliphatic carbocycles. The number of sulfone groups is 1. The predicted molar refractivity (Wildman–Crippen MR) is 86.8 cm³/mol. The van der Waals surface area contributed by atoms with Gasteiger partial charge in [-0.3, -0.25) is 0 Å². The van der Waals surface area contributed by atoms with E-state index >= 15 is 0 Å². The number of urea groups is 1. The molecule has 2 atom stereocenters. The molecule has 0 heterocycles. The van der Waals surface area contributed by atoms with Crippen molar-refractivity contribution in [1.29, 1.82) is 0 Å². The number of carbonyl (C=O) groups excluding carboxylic acids is 1. The summed E-state index contributed by atoms with van der Waals surface area (Å²) >= 11 is 0. The lowest BCUT2D eigenvalue weighted by Gasteiger charge is -2.26. The summed E-state index contributed by atoms with van der Waals surface area (Å²) in [7, 11) is -0.284. The van der Waals surface area contributed by atoms with E-state index in [1.807, 2.05) is 0 Å². The predicted octanol–water partition coefficient (Wildman–Crippen LogP) is 1.97. The monoisotopic (exact) mass is 346 g/mol. The molecule has 1 N–H and O–H groups in total. The lowest BCUT2D eigenvalue weighted by Crippen LogP contribution is -2.45. The number of hydrogen-bond acceptors (Lipinski definition) is 4. The van der Waals surface area contributed by atoms with E-state index in [4.69, 9.17) is 4.74 Å². The van der Waals surface area contributed by atoms with Gasteiger partial charge >= 0.3 is 6.03 Å². The average Bonchev–Trinajstić information content (AvgIpc) is 2.44. The summed E-state index contributed by atoms with van der Waals surface area (Å²) in [5, 5.41) is 2.71. The highest BCUT2D eigenvalue weighted by Gasteiger charge is 2.21. The maximum Gasteiger partial charge on any atom is 0.317 e. The number of ether oxygens (including phenoxy) is 1. The van der Waals surface area contributed by atoms with Crippen LogP contribution in [0.5, 0.6) is 5.75 Å². The molecule has 0 aromatic heterocycles. The van der Waals surface area contributed by atoms with Crippen LogP contribution in [0.1, 0.15) is 25.5 Å². The molecular formula is C15H23FN2O4S. The maximum atomic E-state index is 13.7. The molecule has 0 aliphatic heterocycles. The number of benzene rings is 1. The minimum Gasteiger partial charge on any atom is -0.494 e. The number of hydrogen-bond donors (Lipinski definition) is 1. The second-order valence-electron chi connectivity index (χ2n) is 5.62. The van der Waals surface area contributed by atoms with Crippen molar-refractivity contribution >= 4 is 15.9 Å². The molecule has 0 bridgehead atoms. The quantitative estimate of drug-likeness (QED) is 0.854. The molecule has 1 aromatic carbocycles. The summed E-state index contributed by atoms with van der Waals surface area (Å²) < 4.78 is 41.2. The van der Waals surface area contributed by atoms with Crippen LogP contribution in [-0.4, -0.2) is 51.6 Å². The third-order valence-electron chi connectivity index (χ3n) is 3.54. The van der Waals surface area contributed by atoms with Crippen LogP contribution in [0, 0.1) is 5.82 Å². The van der Waals surface area contributed by atoms with E-state index in [2.05, 4.69) is 5.32 Å². The van der Waals surface area contributed by atoms with Crippen LogP contribution in [-0.2, 0) is 9.84 Å². The smallest absolute Gasteiger partial charge is 0.317 e. The Kier molecular flexibility index (Phi) is 6.37. The van der Waals surface area contributed by atoms with Gasteiger partial charge in [-0.25, -0.2) is 17.6 Å². The molecule has 0 saturated heterocycles. The van der Waals surface area contributed by atoms with Crippen molar-refractivity contribution < 1.29 is 22.3 Å². The summed E-state index contributed by atoms with van der Waals surface area (Å²) in [6.45, 7) is 3.37. The van der Waals surface area contributed by atoms with Gasteiger partial charge in [-0.2, -0.15) is 0 Å². The molecule has 0 radical (unpaired) electrons. The Labute approximate surface area is 136 Å². The Balaban J connectivity index is 2.74. The molecule has 130 valence electrons. The molecular weight excluding hydrogens is 323 g/mol. The Morgan fingerprint density at radius 3 is 2.48 bits per heavy atom. The minimum absolute atomic E-state index is 0.123. The summed E-state index contributed by atoms with van der Waals surface area (Å²) in [6.07, 6.45) is 1.12. The van der Waals surface area contributed by atoms with Crippen LogP contribution in [0.3, 0.4) is 0 Å². The van der Waals surface area contributed by atoms with Gasteiger partial charge in [0.1, 0.15) is 9.84 Å². The Hall–Kier alpha value is -1.83. The molecule has 23 heavy (non-hydrogen) atoms. The molecule has 0 aliphatic rings. The van der Waals surface area contributed by atoms with Crippen molar-refractivity contribution in [2.75, 3.05) is 26.2 Å². The summed E-state index contributed by atoms with van der Waals surface area (Å²) in [4.78, 5) is 13.5. The number of rotatable bonds is 6. The fraction of sp³-hybridized carbons (Fsp3) is 0.533. The van der Waals surface area contributed by atoms with E-state index in [0.717, 1.165) is 6.26 Å². The Morgan fingerprint density at radius 1 is 1.39 bits per heavy atom. The van der Waals surface area contributed by atoms with Crippen LogP contribution in [0.25, 0.3) is 0 Å². The number of amides is 2. The SMILES string of the molecule is COc1ccc([C@H](C)NC(=O)N(C)[C@H](C)CS(C)(=O)=O)cc1F. The zero-order valence-electron chi connectivity index (χ0n) is 14.0. The molecule has 1 aromatic rings. The largest absolute Gasteiger partial charge is 0.494 e. The summed E-state index contributed by atoms with van der Waals surface area (Å²) in [5.41, 5.74) is 0.584. The summed E-state index contributed by atoms with van der Waals surface area (Å²) in [5.74, 6) is -0.501. The van der Waals surface area contributed by atoms with E-state index in [9.17, 15) is 17.6 Å². The Morgan fingerprint density at radius 2 is 2.00 bits per heavy atom. The zero-order chi connectivity index (χ0) is 17.8. The number of halogens is 1. The molecule has 0 fully saturated rings. The van der Waals surface area contributed by atoms with Gasteiger partial charge in [0.2, 0.25) is 0 Å². The van der Waals surface area contributed by atoms with Crippen molar-refractivity contribution in [3.05, 3.63) is 29.6 Å². The second kappa shape index (κ2) is 7.63. The van der Waals surface area contributed by atoms with Crippen molar-refractivity contribution in [3.63, 3.8) is 0 Å². The van der Waals surface area contributed by atoms with Gasteiger partial charge in [0.25, 0.3) is 0 Å². The number of carbonyl (C=O) groups is 1. The van der Waals surface area contributed by atoms with Gasteiger partial charge in [0.05, 0.1) is 18.9 Å². The summed E-state index contributed by atoms with van der Waals surface area (Å²) in [6, 6.07) is 3.12. The first-order valence-electron chi connectivity index (χ1n) is 7.09. The van der Waals surface area contributed by atoms with E-state index in [1.54, 1.807) is 19.9 Å². The highest BCUT2D eigenvalue weighted by molar-refractivity contribution is 7.90. The molecule has 0 spiro atoms. The number of methoxy groups -OCH3 is 1. The molecule has 2 amide bonds. The second-order valence-corrected chi connectivity index (χ2v) is 7.80. The highest BCUT2D eigenvalue weighted by Crippen LogP contribution is 2.21. The van der Waals surface area contributed by atoms with Crippen molar-refractivity contribution in [3.8, 4) is 5.75 Å². The lowest BCUT2D eigenvalue weighted by atomic mass is 10.1. The Bertz CT molecular complexity index is 663. The first-order valence-corrected chi connectivity index (χ1v) is 9.15. The number of nitrogens with zero attached hydrogens (tertiary/aromatic N) is 1. The lowest BCUT2D eigenvalue weighted by molar-refractivity contribution is 0.195. The third kappa shape index (κ3) is 5.70. The standard InChI is InChI=1S/C15H23FN2O4S/c1-10(9-23(5,20)21)18(3)15(19)17-11(2)12-6-7-14(22-4)13(16)8-12/h6-8,10-11H,9H2,1-5H3,(H,17,19)/t10-,11+/m1/s1. The fourth-order valence-electron chi connectivity index (χ4n) is 2.07. The van der Waals surface area contributed by atoms with Crippen LogP contribution < -0.4 is 10.1 Å². The molecule has 0 unspecified atom stereocenters. The van der Waals surface area contributed by atoms with Gasteiger partial charge in [0, 0.05) is 19.3 Å². The van der Waals surface area contributed by atoms with Crippen molar-refractivity contribution in [1.82, 2.24) is 10.2 Å². The molecule has 6 nitrogen and oxygen atoms in total. The van der Waals surface area contributed by atoms with Gasteiger partial charge in [-0.15, -0.1) is 0 Å². The van der Waals surface area contributed by atoms with Crippen molar-refractivity contribution in [2.45, 2.75) is 25.9 Å². The van der Waals surface area contributed by atoms with Crippen LogP contribution in [0.15, 0.2) is 18.2 Å². The highest BCUT2D eigenvalue weighted by atomic mass is 32.2.